The number of thiophene rings is 3. The second-order valence-corrected chi connectivity index (χ2v) is 42.1. The number of fused-ring (bicyclic) bond motifs is 3. The zero-order chi connectivity index (χ0) is 108. The first-order chi connectivity index (χ1) is 70.0. The number of carbonyl (C=O) groups is 4. The summed E-state index contributed by atoms with van der Waals surface area (Å²) in [5, 5.41) is 26.9. The summed E-state index contributed by atoms with van der Waals surface area (Å²) in [5.74, 6) is -1.57. The summed E-state index contributed by atoms with van der Waals surface area (Å²) in [4.78, 5) is 74.7. The molecule has 1 fully saturated rings. The third-order valence-electron chi connectivity index (χ3n) is 22.2. The smallest absolute Gasteiger partial charge is 0.494 e. The molecule has 1 aliphatic rings. The van der Waals surface area contributed by atoms with Crippen molar-refractivity contribution in [2.75, 3.05) is 37.1 Å². The summed E-state index contributed by atoms with van der Waals surface area (Å²) < 4.78 is 191. The fourth-order valence-electron chi connectivity index (χ4n) is 14.7. The largest absolute Gasteiger partial charge is 0.497 e. The van der Waals surface area contributed by atoms with Gasteiger partial charge in [-0.2, -0.15) is 69.8 Å². The topological polar surface area (TPSA) is 380 Å². The van der Waals surface area contributed by atoms with E-state index in [9.17, 15) is 58.7 Å². The monoisotopic (exact) mass is 2300 g/mol. The molecule has 1 saturated heterocycles. The number of alkyl carbamates (subject to hydrolysis) is 2. The maximum Gasteiger partial charge on any atom is 0.494 e. The minimum atomic E-state index is -4.87. The van der Waals surface area contributed by atoms with Gasteiger partial charge in [0.15, 0.2) is 0 Å². The third-order valence-corrected chi connectivity index (χ3v) is 27.6. The quantitative estimate of drug-likeness (QED) is 0.0132. The highest BCUT2D eigenvalue weighted by molar-refractivity contribution is 9.11. The van der Waals surface area contributed by atoms with E-state index in [2.05, 4.69) is 93.0 Å². The molecule has 49 heteroatoms. The van der Waals surface area contributed by atoms with Crippen LogP contribution in [0.15, 0.2) is 189 Å². The van der Waals surface area contributed by atoms with Crippen molar-refractivity contribution in [1.82, 2.24) is 69.9 Å². The molecule has 9 aromatic heterocycles. The molecular formula is C100H100BBr2Cl3F9N17O14S3. The molecule has 0 bridgehead atoms. The Bertz CT molecular complexity index is 7280. The average molecular weight is 2310 g/mol. The van der Waals surface area contributed by atoms with Crippen LogP contribution in [0.2, 0.25) is 15.1 Å². The van der Waals surface area contributed by atoms with Crippen molar-refractivity contribution in [2.24, 2.45) is 0 Å². The molecule has 0 spiro atoms. The number of ether oxygens (including phenoxy) is 8. The Hall–Kier alpha value is -12.7. The van der Waals surface area contributed by atoms with Crippen LogP contribution in [-0.2, 0) is 57.2 Å². The molecule has 788 valence electrons. The highest BCUT2D eigenvalue weighted by Gasteiger charge is 2.53. The van der Waals surface area contributed by atoms with Crippen LogP contribution in [0.5, 0.6) is 23.4 Å². The van der Waals surface area contributed by atoms with E-state index in [4.69, 9.17) is 93.5 Å². The number of nitrogens with one attached hydrogen (secondary N) is 3. The number of hydrogen-bond donors (Lipinski definition) is 5. The van der Waals surface area contributed by atoms with E-state index in [-0.39, 0.29) is 115 Å². The van der Waals surface area contributed by atoms with Crippen molar-refractivity contribution in [2.45, 2.75) is 195 Å². The highest BCUT2D eigenvalue weighted by atomic mass is 79.9. The molecule has 0 saturated carbocycles. The highest BCUT2D eigenvalue weighted by Crippen LogP contribution is 2.49. The number of aryl methyl sites for hydroxylation is 3. The van der Waals surface area contributed by atoms with Gasteiger partial charge in [0.25, 0.3) is 0 Å². The van der Waals surface area contributed by atoms with Crippen LogP contribution in [0.3, 0.4) is 0 Å². The first-order valence-electron chi connectivity index (χ1n) is 45.6. The van der Waals surface area contributed by atoms with Gasteiger partial charge in [0.1, 0.15) is 54.2 Å². The van der Waals surface area contributed by atoms with Gasteiger partial charge in [-0.1, -0.05) is 114 Å². The summed E-state index contributed by atoms with van der Waals surface area (Å²) in [6, 6.07) is 37.2. The fraction of sp³-hybridized carbons (Fsp3) is 0.330. The number of carbonyl (C=O) groups excluding carboxylic acids is 4. The minimum Gasteiger partial charge on any atom is -0.497 e. The third kappa shape index (κ3) is 29.3. The van der Waals surface area contributed by atoms with Gasteiger partial charge in [-0.05, 0) is 230 Å². The Morgan fingerprint density at radius 1 is 0.477 bits per heavy atom. The van der Waals surface area contributed by atoms with Gasteiger partial charge in [0.2, 0.25) is 53.8 Å². The molecule has 7 N–H and O–H groups in total. The Morgan fingerprint density at radius 2 is 0.832 bits per heavy atom. The lowest BCUT2D eigenvalue weighted by atomic mass is 9.78. The second kappa shape index (κ2) is 47.3. The molecule has 1 aliphatic heterocycles. The zero-order valence-electron chi connectivity index (χ0n) is 82.6. The number of nitrogen functional groups attached to an aromatic ring is 2. The zero-order valence-corrected chi connectivity index (χ0v) is 90.5. The van der Waals surface area contributed by atoms with Gasteiger partial charge < -0.3 is 74.6 Å². The standard InChI is InChI=1S/C34H34ClF3N6O5S.C26H20BrClF3N5O2S.C22H34BNO6.C18H12BrClF3N5OS/c1-6-47-30(45)24(40-32(46)49-33(3,4)5)15-19-7-9-20(10-8-19)23-17-50-27-26(23)41-31(39)42-29(27)48-28(34(36,37)38)22-12-11-21(35)16-25(22)44-14-13-18(2)43-44;1-14-9-10-36(35-14)20-11-16(28)5-8-18(20)23(26(29,30)31)38-24-22-21(19(27)13-39-22)33-25(34-24)32-12-15-3-6-17(37-2)7-4-15;1-9-27-18(25)17(24-19(26)28-20(2,3)4)14-15-10-12-16(13-11-15)23-29-21(5,6)22(7,8)30-23;1-8-4-5-28(27-8)12-6-9(20)2-3-10(12)15(18(21,22)23)29-16-14-13(11(19)7-30-14)25-17(24)26-16/h7-14,16-17,24,28H,6,15H2,1-5H3,(H,40,46)(H2,39,41,42);3-11,13,23H,12H2,1-2H3,(H,32,33,34);10-13,17H,9,14H2,1-8H3,(H,24,26);2-7,15H,1H3,(H2,24,25,26)/t24-,28+;23-;17-;15-/m0101/s1. The number of halogens is 14. The number of esters is 2. The van der Waals surface area contributed by atoms with E-state index < -0.39 is 103 Å². The molecule has 0 radical (unpaired) electrons. The SMILES string of the molecule is CCOC(=O)[C@H](Cc1ccc(-c2csc3c(O[C@H](c4ccc(Cl)cc4-n4ccc(C)n4)C(F)(F)F)nc(N)nc23)cc1)NC(=O)OC(C)(C)C.CCOC(=O)[C@H](Cc1ccc(B2OC(C)(C)C(C)(C)O2)cc1)NC(=O)OC(C)(C)C.COc1ccc(CNc2nc(O[C@H](c3ccc(Cl)cc3-n3ccc(C)n3)C(F)(F)F)c3scc(Br)c3n2)cc1.Cc1ccn(-c2cc(Cl)ccc2[C@@H](Oc2nc(N)nc3c(Br)csc23)C(F)(F)F)n1. The minimum absolute atomic E-state index is 0.0876. The van der Waals surface area contributed by atoms with E-state index in [1.807, 2.05) is 76.2 Å². The molecule has 5 atom stereocenters. The molecule has 2 amide bonds. The van der Waals surface area contributed by atoms with Gasteiger partial charge >= 0.3 is 49.8 Å². The molecular weight excluding hydrogens is 2210 g/mol. The van der Waals surface area contributed by atoms with Gasteiger partial charge in [-0.15, -0.1) is 34.0 Å². The number of alkyl halides is 9. The van der Waals surface area contributed by atoms with Gasteiger partial charge in [-0.3, -0.25) is 0 Å². The molecule has 10 heterocycles. The first kappa shape index (κ1) is 113. The van der Waals surface area contributed by atoms with Crippen LogP contribution in [0.4, 0.5) is 66.9 Å². The molecule has 0 aliphatic carbocycles. The summed E-state index contributed by atoms with van der Waals surface area (Å²) >= 11 is 28.5. The molecule has 149 heavy (non-hydrogen) atoms. The number of aromatic nitrogens is 12. The lowest BCUT2D eigenvalue weighted by Crippen LogP contribution is -2.45. The molecule has 31 nitrogen and oxygen atoms in total. The normalized spacial score (nSPS) is 14.0. The number of rotatable bonds is 28. The molecule has 15 aromatic rings. The van der Waals surface area contributed by atoms with Crippen LogP contribution in [-0.4, -0.2) is 164 Å². The van der Waals surface area contributed by atoms with E-state index in [0.717, 1.165) is 39.3 Å². The fourth-order valence-corrected chi connectivity index (χ4v) is 19.1. The maximum atomic E-state index is 14.7. The van der Waals surface area contributed by atoms with Crippen molar-refractivity contribution >= 4 is 186 Å². The number of benzene rings is 6. The lowest BCUT2D eigenvalue weighted by molar-refractivity contribution is -0.198. The van der Waals surface area contributed by atoms with Crippen LogP contribution < -0.4 is 51.8 Å². The predicted octanol–water partition coefficient (Wildman–Crippen LogP) is 24.5. The number of amides is 2. The summed E-state index contributed by atoms with van der Waals surface area (Å²) in [6.07, 6.45) is -17.9. The van der Waals surface area contributed by atoms with Crippen molar-refractivity contribution in [3.8, 4) is 51.6 Å². The van der Waals surface area contributed by atoms with Crippen molar-refractivity contribution in [1.29, 1.82) is 0 Å². The number of anilines is 3. The second-order valence-electron chi connectivity index (χ2n) is 36.4. The summed E-state index contributed by atoms with van der Waals surface area (Å²) in [6.45, 7) is 27.7. The molecule has 6 aromatic carbocycles. The maximum absolute atomic E-state index is 14.7. The van der Waals surface area contributed by atoms with Crippen LogP contribution in [0.1, 0.15) is 152 Å². The van der Waals surface area contributed by atoms with Crippen molar-refractivity contribution in [3.63, 3.8) is 0 Å². The van der Waals surface area contributed by atoms with E-state index in [1.165, 1.54) is 86.2 Å². The Morgan fingerprint density at radius 3 is 1.19 bits per heavy atom. The number of nitrogens with two attached hydrogens (primary N) is 2. The van der Waals surface area contributed by atoms with E-state index in [0.29, 0.717) is 81.0 Å². The molecule has 16 rings (SSSR count). The lowest BCUT2D eigenvalue weighted by Gasteiger charge is -2.32. The summed E-state index contributed by atoms with van der Waals surface area (Å²) in [7, 11) is 1.12. The van der Waals surface area contributed by atoms with Crippen molar-refractivity contribution < 1.29 is 106 Å². The summed E-state index contributed by atoms with van der Waals surface area (Å²) in [5.41, 5.74) is 16.8. The van der Waals surface area contributed by atoms with Gasteiger partial charge in [0, 0.05) is 91.4 Å². The first-order valence-corrected chi connectivity index (χ1v) is 51.0. The van der Waals surface area contributed by atoms with Gasteiger partial charge in [-0.25, -0.2) is 48.2 Å². The molecule has 0 unspecified atom stereocenters. The van der Waals surface area contributed by atoms with Crippen LogP contribution in [0, 0.1) is 20.8 Å². The number of hydrogen-bond acceptors (Lipinski definition) is 29. The van der Waals surface area contributed by atoms with E-state index >= 15 is 0 Å². The van der Waals surface area contributed by atoms with Crippen molar-refractivity contribution in [3.05, 3.63) is 255 Å². The number of methoxy groups -OCH3 is 1. The Balaban J connectivity index is 0.000000170. The predicted molar refractivity (Wildman–Crippen MR) is 560 cm³/mol. The Kier molecular flexibility index (Phi) is 36.0. The number of nitrogens with zero attached hydrogens (tertiary/aromatic N) is 12. The van der Waals surface area contributed by atoms with Gasteiger partial charge in [0.05, 0.1) is 80.1 Å². The van der Waals surface area contributed by atoms with Crippen LogP contribution >= 0.6 is 101 Å². The Labute approximate surface area is 893 Å². The van der Waals surface area contributed by atoms with Crippen LogP contribution in [0.25, 0.3) is 58.8 Å². The van der Waals surface area contributed by atoms with E-state index in [1.54, 1.807) is 154 Å². The average Bonchev–Trinajstić information content (AvgIpc) is 1.61.